The molecule has 92 valence electrons. The van der Waals surface area contributed by atoms with Gasteiger partial charge in [0.1, 0.15) is 6.33 Å². The van der Waals surface area contributed by atoms with E-state index in [1.165, 1.54) is 0 Å². The molecule has 0 bridgehead atoms. The van der Waals surface area contributed by atoms with Gasteiger partial charge in [-0.2, -0.15) is 5.10 Å². The van der Waals surface area contributed by atoms with Gasteiger partial charge in [-0.1, -0.05) is 0 Å². The number of nitrogens with two attached hydrogens (primary N) is 1. The molecule has 0 aliphatic carbocycles. The molecule has 1 aliphatic heterocycles. The van der Waals surface area contributed by atoms with E-state index < -0.39 is 0 Å². The van der Waals surface area contributed by atoms with Crippen molar-refractivity contribution in [3.05, 3.63) is 30.6 Å². The average molecular weight is 244 g/mol. The number of nitrogens with zero attached hydrogens (tertiary/aromatic N) is 3. The van der Waals surface area contributed by atoms with Crippen LogP contribution in [0, 0.1) is 0 Å². The maximum atomic E-state index is 11.4. The molecule has 1 aromatic heterocycles. The number of rotatable bonds is 2. The Balaban J connectivity index is 1.89. The summed E-state index contributed by atoms with van der Waals surface area (Å²) in [6, 6.07) is 6.93. The number of esters is 1. The standard InChI is InChI=1S/C12H12N4O2/c13-9-3-1-8(2-4-9)11-14-7-16(15-11)10-5-6-18-12(10)17/h1-4,7,10H,5-6,13H2. The van der Waals surface area contributed by atoms with Crippen molar-refractivity contribution in [3.8, 4) is 11.4 Å². The van der Waals surface area contributed by atoms with E-state index in [0.717, 1.165) is 5.56 Å². The highest BCUT2D eigenvalue weighted by Crippen LogP contribution is 2.22. The van der Waals surface area contributed by atoms with Crippen LogP contribution in [0.15, 0.2) is 30.6 Å². The van der Waals surface area contributed by atoms with Gasteiger partial charge in [0.25, 0.3) is 0 Å². The van der Waals surface area contributed by atoms with Gasteiger partial charge < -0.3 is 10.5 Å². The van der Waals surface area contributed by atoms with Crippen molar-refractivity contribution in [2.24, 2.45) is 0 Å². The van der Waals surface area contributed by atoms with E-state index in [1.807, 2.05) is 12.1 Å². The minimum absolute atomic E-state index is 0.247. The van der Waals surface area contributed by atoms with Crippen molar-refractivity contribution >= 4 is 11.7 Å². The number of hydrogen-bond acceptors (Lipinski definition) is 5. The lowest BCUT2D eigenvalue weighted by Crippen LogP contribution is -2.14. The van der Waals surface area contributed by atoms with Crippen LogP contribution in [0.5, 0.6) is 0 Å². The molecule has 0 amide bonds. The number of benzene rings is 1. The lowest BCUT2D eigenvalue weighted by molar-refractivity contribution is -0.140. The first-order valence-corrected chi connectivity index (χ1v) is 5.68. The van der Waals surface area contributed by atoms with E-state index in [1.54, 1.807) is 23.1 Å². The van der Waals surface area contributed by atoms with E-state index in [0.29, 0.717) is 24.5 Å². The normalized spacial score (nSPS) is 18.9. The molecular formula is C12H12N4O2. The van der Waals surface area contributed by atoms with Gasteiger partial charge in [-0.15, -0.1) is 0 Å². The Bertz CT molecular complexity index is 576. The van der Waals surface area contributed by atoms with Crippen LogP contribution >= 0.6 is 0 Å². The Kier molecular flexibility index (Phi) is 2.47. The molecule has 0 saturated carbocycles. The third-order valence-corrected chi connectivity index (χ3v) is 2.90. The first-order valence-electron chi connectivity index (χ1n) is 5.68. The second-order valence-corrected chi connectivity index (χ2v) is 4.14. The molecule has 6 nitrogen and oxygen atoms in total. The van der Waals surface area contributed by atoms with Gasteiger partial charge in [-0.3, -0.25) is 0 Å². The molecule has 1 aromatic carbocycles. The molecule has 1 aliphatic rings. The summed E-state index contributed by atoms with van der Waals surface area (Å²) in [5, 5.41) is 4.31. The highest BCUT2D eigenvalue weighted by molar-refractivity contribution is 5.75. The van der Waals surface area contributed by atoms with Gasteiger partial charge in [-0.25, -0.2) is 14.5 Å². The summed E-state index contributed by atoms with van der Waals surface area (Å²) in [6.07, 6.45) is 2.20. The zero-order valence-corrected chi connectivity index (χ0v) is 9.61. The van der Waals surface area contributed by atoms with Crippen LogP contribution in [0.2, 0.25) is 0 Å². The zero-order chi connectivity index (χ0) is 12.5. The fourth-order valence-corrected chi connectivity index (χ4v) is 1.91. The monoisotopic (exact) mass is 244 g/mol. The first kappa shape index (κ1) is 10.8. The van der Waals surface area contributed by atoms with E-state index in [4.69, 9.17) is 10.5 Å². The minimum Gasteiger partial charge on any atom is -0.464 e. The largest absolute Gasteiger partial charge is 0.464 e. The second-order valence-electron chi connectivity index (χ2n) is 4.14. The highest BCUT2D eigenvalue weighted by atomic mass is 16.5. The Labute approximate surface area is 103 Å². The van der Waals surface area contributed by atoms with Crippen LogP contribution in [-0.4, -0.2) is 27.3 Å². The number of nitrogen functional groups attached to an aromatic ring is 1. The van der Waals surface area contributed by atoms with E-state index in [2.05, 4.69) is 10.1 Å². The molecule has 1 saturated heterocycles. The molecule has 1 fully saturated rings. The Morgan fingerprint density at radius 1 is 1.33 bits per heavy atom. The molecule has 3 rings (SSSR count). The maximum absolute atomic E-state index is 11.4. The highest BCUT2D eigenvalue weighted by Gasteiger charge is 2.29. The first-order chi connectivity index (χ1) is 8.74. The number of aromatic nitrogens is 3. The van der Waals surface area contributed by atoms with Gasteiger partial charge in [0.15, 0.2) is 11.9 Å². The summed E-state index contributed by atoms with van der Waals surface area (Å²) in [6.45, 7) is 0.445. The number of carbonyl (C=O) groups is 1. The molecule has 2 N–H and O–H groups in total. The number of cyclic esters (lactones) is 1. The molecule has 2 heterocycles. The van der Waals surface area contributed by atoms with Crippen molar-refractivity contribution in [3.63, 3.8) is 0 Å². The van der Waals surface area contributed by atoms with Crippen LogP contribution in [0.25, 0.3) is 11.4 Å². The summed E-state index contributed by atoms with van der Waals surface area (Å²) >= 11 is 0. The molecular weight excluding hydrogens is 232 g/mol. The fourth-order valence-electron chi connectivity index (χ4n) is 1.91. The van der Waals surface area contributed by atoms with Crippen LogP contribution in [0.3, 0.4) is 0 Å². The minimum atomic E-state index is -0.347. The van der Waals surface area contributed by atoms with Gasteiger partial charge in [0.05, 0.1) is 6.61 Å². The number of ether oxygens (including phenoxy) is 1. The number of carbonyl (C=O) groups excluding carboxylic acids is 1. The van der Waals surface area contributed by atoms with Gasteiger partial charge in [0.2, 0.25) is 0 Å². The summed E-state index contributed by atoms with van der Waals surface area (Å²) < 4.78 is 6.46. The average Bonchev–Trinajstić information content (AvgIpc) is 2.98. The molecule has 1 atom stereocenters. The lowest BCUT2D eigenvalue weighted by atomic mass is 10.2. The zero-order valence-electron chi connectivity index (χ0n) is 9.61. The van der Waals surface area contributed by atoms with Gasteiger partial charge in [-0.05, 0) is 24.3 Å². The molecule has 18 heavy (non-hydrogen) atoms. The fraction of sp³-hybridized carbons (Fsp3) is 0.250. The van der Waals surface area contributed by atoms with Crippen molar-refractivity contribution in [1.82, 2.24) is 14.8 Å². The van der Waals surface area contributed by atoms with Crippen LogP contribution in [-0.2, 0) is 9.53 Å². The van der Waals surface area contributed by atoms with Crippen LogP contribution in [0.1, 0.15) is 12.5 Å². The Morgan fingerprint density at radius 3 is 2.78 bits per heavy atom. The van der Waals surface area contributed by atoms with Crippen molar-refractivity contribution < 1.29 is 9.53 Å². The van der Waals surface area contributed by atoms with E-state index >= 15 is 0 Å². The predicted octanol–water partition coefficient (Wildman–Crippen LogP) is 1.02. The number of hydrogen-bond donors (Lipinski definition) is 1. The molecule has 1 unspecified atom stereocenters. The van der Waals surface area contributed by atoms with Crippen LogP contribution in [0.4, 0.5) is 5.69 Å². The third-order valence-electron chi connectivity index (χ3n) is 2.90. The Hall–Kier alpha value is -2.37. The van der Waals surface area contributed by atoms with E-state index in [9.17, 15) is 4.79 Å². The van der Waals surface area contributed by atoms with Crippen molar-refractivity contribution in [2.75, 3.05) is 12.3 Å². The topological polar surface area (TPSA) is 83.0 Å². The molecule has 2 aromatic rings. The molecule has 0 radical (unpaired) electrons. The smallest absolute Gasteiger partial charge is 0.331 e. The van der Waals surface area contributed by atoms with Crippen molar-refractivity contribution in [2.45, 2.75) is 12.5 Å². The Morgan fingerprint density at radius 2 is 2.11 bits per heavy atom. The van der Waals surface area contributed by atoms with Crippen molar-refractivity contribution in [1.29, 1.82) is 0 Å². The second kappa shape index (κ2) is 4.14. The summed E-state index contributed by atoms with van der Waals surface area (Å²) in [5.41, 5.74) is 7.18. The van der Waals surface area contributed by atoms with Gasteiger partial charge in [0, 0.05) is 17.7 Å². The number of anilines is 1. The molecule has 0 spiro atoms. The lowest BCUT2D eigenvalue weighted by Gasteiger charge is -2.03. The van der Waals surface area contributed by atoms with Gasteiger partial charge >= 0.3 is 5.97 Å². The maximum Gasteiger partial charge on any atom is 0.331 e. The SMILES string of the molecule is Nc1ccc(-c2ncn(C3CCOC3=O)n2)cc1. The summed E-state index contributed by atoms with van der Waals surface area (Å²) in [5.74, 6) is 0.332. The molecule has 6 heteroatoms. The predicted molar refractivity (Wildman–Crippen MR) is 64.5 cm³/mol. The third kappa shape index (κ3) is 1.81. The summed E-state index contributed by atoms with van der Waals surface area (Å²) in [7, 11) is 0. The van der Waals surface area contributed by atoms with Crippen LogP contribution < -0.4 is 5.73 Å². The summed E-state index contributed by atoms with van der Waals surface area (Å²) in [4.78, 5) is 15.6. The van der Waals surface area contributed by atoms with E-state index in [-0.39, 0.29) is 12.0 Å². The quantitative estimate of drug-likeness (QED) is 0.629.